The molecule has 1 atom stereocenters. The number of nitrogens with zero attached hydrogens (tertiary/aromatic N) is 1. The Balaban J connectivity index is 4.17. The topological polar surface area (TPSA) is 74.7 Å². The van der Waals surface area contributed by atoms with Crippen LogP contribution in [0, 0.1) is 5.92 Å². The summed E-state index contributed by atoms with van der Waals surface area (Å²) in [4.78, 5) is 12.5. The number of hydrogen-bond donors (Lipinski definition) is 1. The van der Waals surface area contributed by atoms with Crippen LogP contribution in [-0.4, -0.2) is 55.5 Å². The highest BCUT2D eigenvalue weighted by Gasteiger charge is 2.16. The summed E-state index contributed by atoms with van der Waals surface area (Å²) in [6.07, 6.45) is 0. The minimum atomic E-state index is -2.97. The Kier molecular flexibility index (Phi) is 6.59. The quantitative estimate of drug-likeness (QED) is 0.678. The summed E-state index contributed by atoms with van der Waals surface area (Å²) in [6.45, 7) is 6.60. The van der Waals surface area contributed by atoms with Crippen LogP contribution < -0.4 is 0 Å². The summed E-state index contributed by atoms with van der Waals surface area (Å²) < 4.78 is 22.6. The molecule has 0 aromatic heterocycles. The normalized spacial score (nSPS) is 14.0. The van der Waals surface area contributed by atoms with Crippen LogP contribution in [-0.2, 0) is 14.6 Å². The van der Waals surface area contributed by atoms with Crippen LogP contribution in [0.15, 0.2) is 0 Å². The van der Waals surface area contributed by atoms with Crippen LogP contribution >= 0.6 is 0 Å². The van der Waals surface area contributed by atoms with Gasteiger partial charge in [0, 0.05) is 18.8 Å². The zero-order chi connectivity index (χ0) is 12.8. The fraction of sp³-hybridized carbons (Fsp3) is 0.900. The number of carbonyl (C=O) groups is 1. The van der Waals surface area contributed by atoms with Gasteiger partial charge in [0.15, 0.2) is 9.84 Å². The van der Waals surface area contributed by atoms with Crippen molar-refractivity contribution in [1.82, 2.24) is 4.90 Å². The van der Waals surface area contributed by atoms with Crippen LogP contribution in [0.5, 0.6) is 0 Å². The first-order valence-corrected chi connectivity index (χ1v) is 7.30. The molecule has 0 amide bonds. The van der Waals surface area contributed by atoms with Crippen LogP contribution in [0.4, 0.5) is 0 Å². The molecule has 0 aliphatic heterocycles. The molecule has 16 heavy (non-hydrogen) atoms. The molecule has 0 aromatic rings. The summed E-state index contributed by atoms with van der Waals surface area (Å²) >= 11 is 0. The van der Waals surface area contributed by atoms with Crippen LogP contribution in [0.25, 0.3) is 0 Å². The SMILES string of the molecule is CCN(CCS(=O)(=O)CC)CC(C)C(=O)O. The average molecular weight is 251 g/mol. The lowest BCUT2D eigenvalue weighted by Gasteiger charge is -2.22. The van der Waals surface area contributed by atoms with E-state index in [2.05, 4.69) is 0 Å². The van der Waals surface area contributed by atoms with Crippen LogP contribution in [0.2, 0.25) is 0 Å². The number of hydrogen-bond acceptors (Lipinski definition) is 4. The van der Waals surface area contributed by atoms with Gasteiger partial charge in [-0.25, -0.2) is 8.42 Å². The summed E-state index contributed by atoms with van der Waals surface area (Å²) in [5, 5.41) is 8.76. The van der Waals surface area contributed by atoms with Gasteiger partial charge in [-0.15, -0.1) is 0 Å². The Morgan fingerprint density at radius 2 is 1.94 bits per heavy atom. The molecule has 0 heterocycles. The average Bonchev–Trinajstić information content (AvgIpc) is 2.23. The van der Waals surface area contributed by atoms with E-state index in [9.17, 15) is 13.2 Å². The first-order chi connectivity index (χ1) is 7.32. The minimum Gasteiger partial charge on any atom is -0.481 e. The van der Waals surface area contributed by atoms with Gasteiger partial charge in [-0.3, -0.25) is 4.79 Å². The van der Waals surface area contributed by atoms with Crippen molar-refractivity contribution in [2.75, 3.05) is 31.1 Å². The molecular formula is C10H21NO4S. The number of rotatable bonds is 8. The van der Waals surface area contributed by atoms with E-state index in [4.69, 9.17) is 5.11 Å². The summed E-state index contributed by atoms with van der Waals surface area (Å²) in [7, 11) is -2.97. The lowest BCUT2D eigenvalue weighted by molar-refractivity contribution is -0.141. The Morgan fingerprint density at radius 3 is 2.31 bits per heavy atom. The molecule has 96 valence electrons. The molecule has 1 N–H and O–H groups in total. The van der Waals surface area contributed by atoms with Gasteiger partial charge >= 0.3 is 5.97 Å². The second-order valence-corrected chi connectivity index (χ2v) is 6.34. The lowest BCUT2D eigenvalue weighted by Crippen LogP contribution is -2.35. The second kappa shape index (κ2) is 6.85. The first kappa shape index (κ1) is 15.4. The highest BCUT2D eigenvalue weighted by atomic mass is 32.2. The smallest absolute Gasteiger partial charge is 0.307 e. The van der Waals surface area contributed by atoms with Crippen molar-refractivity contribution in [2.24, 2.45) is 5.92 Å². The molecule has 0 saturated carbocycles. The van der Waals surface area contributed by atoms with Crippen molar-refractivity contribution >= 4 is 15.8 Å². The molecule has 6 heteroatoms. The third kappa shape index (κ3) is 6.07. The van der Waals surface area contributed by atoms with Crippen LogP contribution in [0.3, 0.4) is 0 Å². The van der Waals surface area contributed by atoms with Gasteiger partial charge < -0.3 is 10.0 Å². The fourth-order valence-electron chi connectivity index (χ4n) is 1.26. The van der Waals surface area contributed by atoms with E-state index < -0.39 is 21.7 Å². The molecule has 0 radical (unpaired) electrons. The van der Waals surface area contributed by atoms with Crippen molar-refractivity contribution < 1.29 is 18.3 Å². The van der Waals surface area contributed by atoms with E-state index >= 15 is 0 Å². The highest BCUT2D eigenvalue weighted by molar-refractivity contribution is 7.91. The summed E-state index contributed by atoms with van der Waals surface area (Å²) in [6, 6.07) is 0. The minimum absolute atomic E-state index is 0.101. The molecule has 0 saturated heterocycles. The van der Waals surface area contributed by atoms with Gasteiger partial charge in [0.1, 0.15) is 0 Å². The molecular weight excluding hydrogens is 230 g/mol. The maximum absolute atomic E-state index is 11.3. The van der Waals surface area contributed by atoms with Crippen molar-refractivity contribution in [3.8, 4) is 0 Å². The largest absolute Gasteiger partial charge is 0.481 e. The van der Waals surface area contributed by atoms with Gasteiger partial charge in [0.05, 0.1) is 11.7 Å². The predicted octanol–water partition coefficient (Wildman–Crippen LogP) is 0.464. The fourth-order valence-corrected chi connectivity index (χ4v) is 2.08. The van der Waals surface area contributed by atoms with E-state index in [0.29, 0.717) is 19.6 Å². The lowest BCUT2D eigenvalue weighted by atomic mass is 10.2. The summed E-state index contributed by atoms with van der Waals surface area (Å²) in [5.41, 5.74) is 0. The van der Waals surface area contributed by atoms with E-state index in [-0.39, 0.29) is 11.5 Å². The standard InChI is InChI=1S/C10H21NO4S/c1-4-11(8-9(3)10(12)13)6-7-16(14,15)5-2/h9H,4-8H2,1-3H3,(H,12,13). The molecule has 0 spiro atoms. The van der Waals surface area contributed by atoms with Gasteiger partial charge in [0.2, 0.25) is 0 Å². The van der Waals surface area contributed by atoms with Gasteiger partial charge in [-0.05, 0) is 6.54 Å². The second-order valence-electron chi connectivity index (χ2n) is 3.87. The zero-order valence-corrected chi connectivity index (χ0v) is 11.0. The van der Waals surface area contributed by atoms with E-state index in [1.54, 1.807) is 13.8 Å². The molecule has 0 aliphatic rings. The Bertz CT molecular complexity index is 313. The van der Waals surface area contributed by atoms with Gasteiger partial charge in [-0.1, -0.05) is 20.8 Å². The van der Waals surface area contributed by atoms with E-state index in [1.807, 2.05) is 11.8 Å². The maximum Gasteiger partial charge on any atom is 0.307 e. The first-order valence-electron chi connectivity index (χ1n) is 5.48. The predicted molar refractivity (Wildman–Crippen MR) is 63.2 cm³/mol. The van der Waals surface area contributed by atoms with Crippen molar-refractivity contribution in [3.63, 3.8) is 0 Å². The van der Waals surface area contributed by atoms with Gasteiger partial charge in [0.25, 0.3) is 0 Å². The zero-order valence-electron chi connectivity index (χ0n) is 10.1. The highest BCUT2D eigenvalue weighted by Crippen LogP contribution is 2.01. The third-order valence-corrected chi connectivity index (χ3v) is 4.24. The van der Waals surface area contributed by atoms with Crippen LogP contribution in [0.1, 0.15) is 20.8 Å². The van der Waals surface area contributed by atoms with Gasteiger partial charge in [-0.2, -0.15) is 0 Å². The number of carboxylic acids is 1. The number of sulfone groups is 1. The molecule has 0 aliphatic carbocycles. The molecule has 0 bridgehead atoms. The van der Waals surface area contributed by atoms with E-state index in [1.165, 1.54) is 0 Å². The molecule has 0 fully saturated rings. The Labute approximate surface area is 97.4 Å². The monoisotopic (exact) mass is 251 g/mol. The third-order valence-electron chi connectivity index (χ3n) is 2.56. The number of carboxylic acid groups (broad SMARTS) is 1. The van der Waals surface area contributed by atoms with E-state index in [0.717, 1.165) is 0 Å². The Morgan fingerprint density at radius 1 is 1.38 bits per heavy atom. The number of aliphatic carboxylic acids is 1. The maximum atomic E-state index is 11.3. The molecule has 1 unspecified atom stereocenters. The van der Waals surface area contributed by atoms with Crippen molar-refractivity contribution in [3.05, 3.63) is 0 Å². The molecule has 5 nitrogen and oxygen atoms in total. The summed E-state index contributed by atoms with van der Waals surface area (Å²) in [5.74, 6) is -1.08. The van der Waals surface area contributed by atoms with Crippen molar-refractivity contribution in [2.45, 2.75) is 20.8 Å². The molecule has 0 aromatic carbocycles. The van der Waals surface area contributed by atoms with Crippen molar-refractivity contribution in [1.29, 1.82) is 0 Å². The molecule has 0 rings (SSSR count). The Hall–Kier alpha value is -0.620.